The average molecular weight is 322 g/mol. The third-order valence-electron chi connectivity index (χ3n) is 3.86. The van der Waals surface area contributed by atoms with E-state index in [-0.39, 0.29) is 0 Å². The molecule has 0 aliphatic rings. The van der Waals surface area contributed by atoms with Gasteiger partial charge in [-0.1, -0.05) is 35.9 Å². The summed E-state index contributed by atoms with van der Waals surface area (Å²) in [7, 11) is 1.56. The lowest BCUT2D eigenvalue weighted by Gasteiger charge is -2.10. The van der Waals surface area contributed by atoms with Gasteiger partial charge in [-0.15, -0.1) is 0 Å². The van der Waals surface area contributed by atoms with Crippen molar-refractivity contribution in [1.82, 2.24) is 9.13 Å². The van der Waals surface area contributed by atoms with Crippen LogP contribution in [-0.4, -0.2) is 16.2 Å². The maximum Gasteiger partial charge on any atom is 0.320 e. The van der Waals surface area contributed by atoms with Crippen molar-refractivity contribution >= 4 is 0 Å². The summed E-state index contributed by atoms with van der Waals surface area (Å²) in [5, 5.41) is 0. The summed E-state index contributed by atoms with van der Waals surface area (Å²) in [4.78, 5) is 24.8. The van der Waals surface area contributed by atoms with Gasteiger partial charge in [0.25, 0.3) is 0 Å². The molecule has 1 aromatic heterocycles. The van der Waals surface area contributed by atoms with Gasteiger partial charge >= 0.3 is 11.1 Å². The normalized spacial score (nSPS) is 10.6. The van der Waals surface area contributed by atoms with Gasteiger partial charge in [-0.2, -0.15) is 0 Å². The van der Waals surface area contributed by atoms with Gasteiger partial charge in [0, 0.05) is 18.5 Å². The molecule has 3 rings (SSSR count). The molecule has 0 amide bonds. The Labute approximate surface area is 139 Å². The van der Waals surface area contributed by atoms with E-state index in [0.29, 0.717) is 18.0 Å². The Morgan fingerprint density at radius 3 is 2.42 bits per heavy atom. The summed E-state index contributed by atoms with van der Waals surface area (Å²) in [5.41, 5.74) is 1.58. The Balaban J connectivity index is 1.98. The highest BCUT2D eigenvalue weighted by atomic mass is 16.5. The van der Waals surface area contributed by atoms with E-state index in [0.717, 1.165) is 11.1 Å². The third kappa shape index (κ3) is 3.15. The molecule has 0 N–H and O–H groups in total. The van der Waals surface area contributed by atoms with Crippen LogP contribution in [0.5, 0.6) is 5.75 Å². The second-order valence-electron chi connectivity index (χ2n) is 5.59. The minimum absolute atomic E-state index is 0.368. The fraction of sp³-hybridized carbons (Fsp3) is 0.158. The summed E-state index contributed by atoms with van der Waals surface area (Å²) < 4.78 is 7.91. The van der Waals surface area contributed by atoms with Gasteiger partial charge in [0.1, 0.15) is 5.75 Å². The maximum atomic E-state index is 12.4. The monoisotopic (exact) mass is 322 g/mol. The molecule has 0 unspecified atom stereocenters. The first-order valence-electron chi connectivity index (χ1n) is 7.60. The summed E-state index contributed by atoms with van der Waals surface area (Å²) in [6.07, 6.45) is 3.23. The van der Waals surface area contributed by atoms with Gasteiger partial charge in [0.2, 0.25) is 0 Å². The van der Waals surface area contributed by atoms with Crippen LogP contribution in [0.3, 0.4) is 0 Å². The number of ether oxygens (including phenoxy) is 1. The highest BCUT2D eigenvalue weighted by Gasteiger charge is 2.08. The van der Waals surface area contributed by atoms with Crippen molar-refractivity contribution < 1.29 is 4.74 Å². The Kier molecular flexibility index (Phi) is 4.33. The van der Waals surface area contributed by atoms with E-state index in [1.165, 1.54) is 9.13 Å². The molecule has 122 valence electrons. The predicted octanol–water partition coefficient (Wildman–Crippen LogP) is 2.36. The zero-order valence-electron chi connectivity index (χ0n) is 13.6. The molecule has 0 spiro atoms. The van der Waals surface area contributed by atoms with Crippen molar-refractivity contribution in [3.8, 4) is 11.4 Å². The van der Waals surface area contributed by atoms with Crippen LogP contribution in [0, 0.1) is 6.92 Å². The van der Waals surface area contributed by atoms with Gasteiger partial charge in [-0.05, 0) is 24.6 Å². The Bertz CT molecular complexity index is 969. The molecule has 0 aliphatic heterocycles. The molecule has 0 saturated carbocycles. The van der Waals surface area contributed by atoms with Crippen molar-refractivity contribution in [3.05, 3.63) is 92.8 Å². The van der Waals surface area contributed by atoms with E-state index in [4.69, 9.17) is 4.74 Å². The van der Waals surface area contributed by atoms with Gasteiger partial charge < -0.3 is 9.30 Å². The number of methoxy groups -OCH3 is 1. The molecule has 1 heterocycles. The minimum atomic E-state index is -0.585. The first kappa shape index (κ1) is 15.8. The highest BCUT2D eigenvalue weighted by molar-refractivity contribution is 5.39. The molecule has 0 saturated heterocycles. The quantitative estimate of drug-likeness (QED) is 0.693. The largest absolute Gasteiger partial charge is 0.497 e. The van der Waals surface area contributed by atoms with Gasteiger partial charge in [0.05, 0.1) is 19.3 Å². The van der Waals surface area contributed by atoms with E-state index < -0.39 is 11.1 Å². The van der Waals surface area contributed by atoms with Crippen LogP contribution in [0.25, 0.3) is 5.69 Å². The van der Waals surface area contributed by atoms with Gasteiger partial charge in [-0.3, -0.25) is 14.2 Å². The first-order chi connectivity index (χ1) is 11.6. The van der Waals surface area contributed by atoms with Crippen molar-refractivity contribution in [2.75, 3.05) is 7.11 Å². The number of nitrogens with zero attached hydrogens (tertiary/aromatic N) is 2. The fourth-order valence-electron chi connectivity index (χ4n) is 2.49. The molecule has 5 heteroatoms. The van der Waals surface area contributed by atoms with Crippen LogP contribution in [-0.2, 0) is 6.54 Å². The standard InChI is InChI=1S/C19H18N2O3/c1-14-6-8-15(9-7-14)13-20-10-11-21(19(23)18(20)22)16-4-3-5-17(12-16)24-2/h3-12H,13H2,1-2H3. The molecule has 5 nitrogen and oxygen atoms in total. The maximum absolute atomic E-state index is 12.4. The molecule has 0 fully saturated rings. The fourth-order valence-corrected chi connectivity index (χ4v) is 2.49. The summed E-state index contributed by atoms with van der Waals surface area (Å²) in [6.45, 7) is 2.37. The molecular formula is C19H18N2O3. The van der Waals surface area contributed by atoms with E-state index in [9.17, 15) is 9.59 Å². The number of rotatable bonds is 4. The topological polar surface area (TPSA) is 53.2 Å². The second kappa shape index (κ2) is 6.58. The van der Waals surface area contributed by atoms with Gasteiger partial charge in [-0.25, -0.2) is 0 Å². The van der Waals surface area contributed by atoms with E-state index in [2.05, 4.69) is 0 Å². The predicted molar refractivity (Wildman–Crippen MR) is 93.1 cm³/mol. The molecule has 0 atom stereocenters. The van der Waals surface area contributed by atoms with Crippen molar-refractivity contribution in [2.45, 2.75) is 13.5 Å². The number of aryl methyl sites for hydroxylation is 1. The van der Waals surface area contributed by atoms with E-state index >= 15 is 0 Å². The molecule has 24 heavy (non-hydrogen) atoms. The highest BCUT2D eigenvalue weighted by Crippen LogP contribution is 2.14. The number of aromatic nitrogens is 2. The lowest BCUT2D eigenvalue weighted by atomic mass is 10.1. The summed E-state index contributed by atoms with van der Waals surface area (Å²) in [5.74, 6) is 0.628. The van der Waals surface area contributed by atoms with Crippen LogP contribution < -0.4 is 15.9 Å². The van der Waals surface area contributed by atoms with Crippen LogP contribution in [0.1, 0.15) is 11.1 Å². The molecule has 2 aromatic carbocycles. The van der Waals surface area contributed by atoms with Crippen LogP contribution in [0.15, 0.2) is 70.5 Å². The second-order valence-corrected chi connectivity index (χ2v) is 5.59. The van der Waals surface area contributed by atoms with E-state index in [1.807, 2.05) is 31.2 Å². The smallest absolute Gasteiger partial charge is 0.320 e. The number of hydrogen-bond donors (Lipinski definition) is 0. The molecule has 0 radical (unpaired) electrons. The number of hydrogen-bond acceptors (Lipinski definition) is 3. The van der Waals surface area contributed by atoms with Crippen LogP contribution in [0.2, 0.25) is 0 Å². The molecule has 3 aromatic rings. The van der Waals surface area contributed by atoms with Crippen molar-refractivity contribution in [1.29, 1.82) is 0 Å². The lowest BCUT2D eigenvalue weighted by Crippen LogP contribution is -2.40. The molecule has 0 bridgehead atoms. The van der Waals surface area contributed by atoms with Crippen molar-refractivity contribution in [3.63, 3.8) is 0 Å². The number of benzene rings is 2. The van der Waals surface area contributed by atoms with Crippen LogP contribution in [0.4, 0.5) is 0 Å². The third-order valence-corrected chi connectivity index (χ3v) is 3.86. The Morgan fingerprint density at radius 1 is 0.958 bits per heavy atom. The summed E-state index contributed by atoms with van der Waals surface area (Å²) in [6, 6.07) is 14.9. The molecule has 0 aliphatic carbocycles. The zero-order chi connectivity index (χ0) is 17.1. The minimum Gasteiger partial charge on any atom is -0.497 e. The lowest BCUT2D eigenvalue weighted by molar-refractivity contribution is 0.414. The van der Waals surface area contributed by atoms with E-state index in [1.54, 1.807) is 43.8 Å². The Hall–Kier alpha value is -3.08. The Morgan fingerprint density at radius 2 is 1.71 bits per heavy atom. The average Bonchev–Trinajstić information content (AvgIpc) is 2.61. The first-order valence-corrected chi connectivity index (χ1v) is 7.60. The van der Waals surface area contributed by atoms with Crippen LogP contribution >= 0.6 is 0 Å². The summed E-state index contributed by atoms with van der Waals surface area (Å²) >= 11 is 0. The van der Waals surface area contributed by atoms with Gasteiger partial charge in [0.15, 0.2) is 0 Å². The SMILES string of the molecule is COc1cccc(-n2ccn(Cc3ccc(C)cc3)c(=O)c2=O)c1. The zero-order valence-corrected chi connectivity index (χ0v) is 13.6. The molecular weight excluding hydrogens is 304 g/mol. The van der Waals surface area contributed by atoms with Crippen molar-refractivity contribution in [2.24, 2.45) is 0 Å².